The largest absolute Gasteiger partial charge is 0.342 e. The Morgan fingerprint density at radius 1 is 0.738 bits per heavy atom. The summed E-state index contributed by atoms with van der Waals surface area (Å²) in [5, 5.41) is 3.09. The first kappa shape index (κ1) is 45.2. The number of benzene rings is 5. The van der Waals surface area contributed by atoms with Crippen molar-refractivity contribution in [3.05, 3.63) is 147 Å². The average molecular weight is 879 g/mol. The lowest BCUT2D eigenvalue weighted by atomic mass is 10.1. The van der Waals surface area contributed by atoms with E-state index in [2.05, 4.69) is 29.0 Å². The molecular formula is C49H53Cl2N5O4S. The summed E-state index contributed by atoms with van der Waals surface area (Å²) in [6, 6.07) is 34.7. The Bertz CT molecular complexity index is 2650. The van der Waals surface area contributed by atoms with Crippen molar-refractivity contribution < 1.29 is 13.2 Å². The lowest BCUT2D eigenvalue weighted by Crippen LogP contribution is -2.31. The number of sulfone groups is 1. The number of nitrogens with zero attached hydrogens (tertiary/aromatic N) is 4. The van der Waals surface area contributed by atoms with Crippen LogP contribution in [0.5, 0.6) is 0 Å². The van der Waals surface area contributed by atoms with Crippen molar-refractivity contribution >= 4 is 78.3 Å². The zero-order valence-corrected chi connectivity index (χ0v) is 37.4. The third kappa shape index (κ3) is 11.4. The van der Waals surface area contributed by atoms with Crippen LogP contribution in [0, 0.1) is 6.92 Å². The molecule has 0 aliphatic carbocycles. The predicted octanol–water partition coefficient (Wildman–Crippen LogP) is 12.6. The van der Waals surface area contributed by atoms with Crippen molar-refractivity contribution in [3.63, 3.8) is 0 Å². The van der Waals surface area contributed by atoms with Gasteiger partial charge >= 0.3 is 0 Å². The SMILES string of the molecule is CCCCCCCCCCCCS(=O)(=O)c1cc(Cl)c(NC(=O)/C(=N\c2ccc(N(CC)c3ccccc3)cc2C)c2nc(=O)c3ccccc3n2-c2ccccc2)cc1Cl. The van der Waals surface area contributed by atoms with Crippen LogP contribution < -0.4 is 15.8 Å². The molecule has 5 aromatic carbocycles. The Morgan fingerprint density at radius 2 is 1.36 bits per heavy atom. The summed E-state index contributed by atoms with van der Waals surface area (Å²) in [7, 11) is -3.77. The number of hydrogen-bond donors (Lipinski definition) is 1. The average Bonchev–Trinajstić information content (AvgIpc) is 3.26. The number of fused-ring (bicyclic) bond motifs is 1. The topological polar surface area (TPSA) is 114 Å². The first-order chi connectivity index (χ1) is 29.5. The number of carbonyl (C=O) groups excluding carboxylic acids is 1. The lowest BCUT2D eigenvalue weighted by Gasteiger charge is -2.24. The smallest absolute Gasteiger partial charge is 0.281 e. The van der Waals surface area contributed by atoms with Gasteiger partial charge in [-0.3, -0.25) is 14.2 Å². The number of anilines is 3. The van der Waals surface area contributed by atoms with E-state index in [0.717, 1.165) is 42.6 Å². The highest BCUT2D eigenvalue weighted by Gasteiger charge is 2.26. The molecule has 0 radical (unpaired) electrons. The van der Waals surface area contributed by atoms with Crippen LogP contribution in [-0.4, -0.2) is 41.9 Å². The predicted molar refractivity (Wildman–Crippen MR) is 253 cm³/mol. The molecule has 0 bridgehead atoms. The van der Waals surface area contributed by atoms with Crippen LogP contribution >= 0.6 is 23.2 Å². The van der Waals surface area contributed by atoms with E-state index >= 15 is 0 Å². The van der Waals surface area contributed by atoms with Gasteiger partial charge in [-0.2, -0.15) is 4.98 Å². The first-order valence-corrected chi connectivity index (χ1v) is 23.6. The van der Waals surface area contributed by atoms with E-state index in [1.807, 2.05) is 91.9 Å². The van der Waals surface area contributed by atoms with Crippen molar-refractivity contribution in [2.24, 2.45) is 4.99 Å². The number of rotatable bonds is 20. The van der Waals surface area contributed by atoms with E-state index in [0.29, 0.717) is 35.2 Å². The fourth-order valence-electron chi connectivity index (χ4n) is 7.48. The van der Waals surface area contributed by atoms with Gasteiger partial charge in [0.1, 0.15) is 0 Å². The monoisotopic (exact) mass is 877 g/mol. The number of amides is 1. The van der Waals surface area contributed by atoms with Gasteiger partial charge in [0.05, 0.1) is 43.0 Å². The minimum atomic E-state index is -3.77. The second-order valence-electron chi connectivity index (χ2n) is 15.2. The number of nitrogens with one attached hydrogen (secondary N) is 1. The second kappa shape index (κ2) is 21.5. The Hall–Kier alpha value is -5.29. The van der Waals surface area contributed by atoms with Crippen molar-refractivity contribution in [1.29, 1.82) is 0 Å². The highest BCUT2D eigenvalue weighted by molar-refractivity contribution is 7.91. The summed E-state index contributed by atoms with van der Waals surface area (Å²) >= 11 is 13.4. The van der Waals surface area contributed by atoms with Gasteiger partial charge in [0.2, 0.25) is 0 Å². The highest BCUT2D eigenvalue weighted by atomic mass is 35.5. The highest BCUT2D eigenvalue weighted by Crippen LogP contribution is 2.34. The molecule has 61 heavy (non-hydrogen) atoms. The Kier molecular flexibility index (Phi) is 15.9. The van der Waals surface area contributed by atoms with E-state index in [-0.39, 0.29) is 37.9 Å². The molecule has 0 saturated heterocycles. The van der Waals surface area contributed by atoms with Gasteiger partial charge < -0.3 is 10.2 Å². The summed E-state index contributed by atoms with van der Waals surface area (Å²) in [5.41, 5.74) is 3.73. The van der Waals surface area contributed by atoms with E-state index in [1.165, 1.54) is 44.2 Å². The van der Waals surface area contributed by atoms with Crippen molar-refractivity contribution in [2.45, 2.75) is 89.9 Å². The van der Waals surface area contributed by atoms with E-state index in [4.69, 9.17) is 28.2 Å². The second-order valence-corrected chi connectivity index (χ2v) is 18.0. The summed E-state index contributed by atoms with van der Waals surface area (Å²) in [4.78, 5) is 39.9. The molecule has 0 aliphatic heterocycles. The minimum Gasteiger partial charge on any atom is -0.342 e. The number of unbranched alkanes of at least 4 members (excludes halogenated alkanes) is 9. The zero-order chi connectivity index (χ0) is 43.4. The molecule has 9 nitrogen and oxygen atoms in total. The first-order valence-electron chi connectivity index (χ1n) is 21.1. The molecule has 0 unspecified atom stereocenters. The van der Waals surface area contributed by atoms with Gasteiger partial charge in [0.25, 0.3) is 11.5 Å². The summed E-state index contributed by atoms with van der Waals surface area (Å²) in [6.45, 7) is 6.90. The molecule has 0 fully saturated rings. The molecule has 1 heterocycles. The number of halogens is 2. The molecular weight excluding hydrogens is 826 g/mol. The quantitative estimate of drug-likeness (QED) is 0.0603. The van der Waals surface area contributed by atoms with Crippen LogP contribution in [0.15, 0.2) is 130 Å². The third-order valence-electron chi connectivity index (χ3n) is 10.7. The Labute approximate surface area is 369 Å². The lowest BCUT2D eigenvalue weighted by molar-refractivity contribution is -0.110. The fourth-order valence-corrected chi connectivity index (χ4v) is 9.73. The van der Waals surface area contributed by atoms with Crippen molar-refractivity contribution in [3.8, 4) is 5.69 Å². The molecule has 1 aromatic heterocycles. The van der Waals surface area contributed by atoms with E-state index in [9.17, 15) is 18.0 Å². The van der Waals surface area contributed by atoms with Crippen LogP contribution in [0.1, 0.15) is 89.4 Å². The molecule has 0 saturated carbocycles. The molecule has 1 N–H and O–H groups in total. The number of aliphatic imine (C=N–C) groups is 1. The number of para-hydroxylation sites is 3. The normalized spacial score (nSPS) is 11.9. The number of hydrogen-bond acceptors (Lipinski definition) is 7. The van der Waals surface area contributed by atoms with E-state index in [1.54, 1.807) is 22.8 Å². The molecule has 0 atom stereocenters. The maximum atomic E-state index is 14.7. The molecule has 1 amide bonds. The van der Waals surface area contributed by atoms with Gasteiger partial charge in [-0.1, -0.05) is 136 Å². The van der Waals surface area contributed by atoms with Gasteiger partial charge in [-0.25, -0.2) is 13.4 Å². The zero-order valence-electron chi connectivity index (χ0n) is 35.0. The van der Waals surface area contributed by atoms with Crippen LogP contribution in [0.25, 0.3) is 16.6 Å². The molecule has 6 aromatic rings. The van der Waals surface area contributed by atoms with Gasteiger partial charge in [0.15, 0.2) is 21.4 Å². The molecule has 0 spiro atoms. The van der Waals surface area contributed by atoms with Gasteiger partial charge in [-0.05, 0) is 92.6 Å². The number of aryl methyl sites for hydroxylation is 1. The van der Waals surface area contributed by atoms with Crippen LogP contribution in [0.3, 0.4) is 0 Å². The van der Waals surface area contributed by atoms with Crippen molar-refractivity contribution in [2.75, 3.05) is 22.5 Å². The Balaban J connectivity index is 1.34. The summed E-state index contributed by atoms with van der Waals surface area (Å²) in [5.74, 6) is -0.811. The summed E-state index contributed by atoms with van der Waals surface area (Å²) in [6.07, 6.45) is 10.8. The Morgan fingerprint density at radius 3 is 2.02 bits per heavy atom. The van der Waals surface area contributed by atoms with Gasteiger partial charge in [-0.15, -0.1) is 0 Å². The molecule has 318 valence electrons. The molecule has 12 heteroatoms. The summed E-state index contributed by atoms with van der Waals surface area (Å²) < 4.78 is 28.7. The molecule has 6 rings (SSSR count). The maximum Gasteiger partial charge on any atom is 0.281 e. The minimum absolute atomic E-state index is 0.00624. The standard InChI is InChI=1S/C49H53Cl2N5O4S/c1-4-6-7-8-9-10-11-12-13-22-31-61(59,60)45-34-40(50)43(33-41(45)51)53-49(58)46(52-42-30-29-38(32-35(42)3)55(5-2)36-23-16-14-17-24-36)47-54-48(57)39-27-20-21-28-44(39)56(47)37-25-18-15-19-26-37/h14-21,23-30,32-34H,4-13,22,31H2,1-3H3,(H,53,58)/b52-46-. The van der Waals surface area contributed by atoms with Crippen LogP contribution in [-0.2, 0) is 14.6 Å². The fraction of sp³-hybridized carbons (Fsp3) is 0.306. The molecule has 0 aliphatic rings. The third-order valence-corrected chi connectivity index (χ3v) is 13.3. The van der Waals surface area contributed by atoms with E-state index < -0.39 is 21.3 Å². The van der Waals surface area contributed by atoms with Crippen LogP contribution in [0.4, 0.5) is 22.7 Å². The number of aromatic nitrogens is 2. The van der Waals surface area contributed by atoms with Crippen molar-refractivity contribution in [1.82, 2.24) is 9.55 Å². The van der Waals surface area contributed by atoms with Gasteiger partial charge in [0, 0.05) is 23.6 Å². The number of carbonyl (C=O) groups is 1. The maximum absolute atomic E-state index is 14.7. The van der Waals surface area contributed by atoms with Crippen LogP contribution in [0.2, 0.25) is 10.0 Å².